The fourth-order valence-corrected chi connectivity index (χ4v) is 5.62. The number of fused-ring (bicyclic) bond motifs is 1. The van der Waals surface area contributed by atoms with Gasteiger partial charge in [0.1, 0.15) is 0 Å². The Hall–Kier alpha value is -1.71. The first-order chi connectivity index (χ1) is 11.7. The number of aromatic nitrogens is 1. The summed E-state index contributed by atoms with van der Waals surface area (Å²) in [6, 6.07) is 8.66. The van der Waals surface area contributed by atoms with Crippen molar-refractivity contribution in [3.8, 4) is 0 Å². The molecule has 0 bridgehead atoms. The molecule has 3 fully saturated rings. The first-order valence-corrected chi connectivity index (χ1v) is 9.15. The van der Waals surface area contributed by atoms with Gasteiger partial charge < -0.3 is 5.11 Å². The molecule has 2 aliphatic heterocycles. The van der Waals surface area contributed by atoms with E-state index in [2.05, 4.69) is 47.7 Å². The van der Waals surface area contributed by atoms with Crippen molar-refractivity contribution in [3.05, 3.63) is 54.2 Å². The molecule has 124 valence electrons. The molecule has 5 unspecified atom stereocenters. The van der Waals surface area contributed by atoms with Crippen molar-refractivity contribution in [2.75, 3.05) is 6.54 Å². The van der Waals surface area contributed by atoms with Crippen LogP contribution in [-0.2, 0) is 6.42 Å². The van der Waals surface area contributed by atoms with Crippen LogP contribution < -0.4 is 0 Å². The van der Waals surface area contributed by atoms with Crippen LogP contribution in [0.1, 0.15) is 37.0 Å². The molecular weight excluding hydrogens is 296 g/mol. The van der Waals surface area contributed by atoms with Crippen LogP contribution >= 0.6 is 0 Å². The number of rotatable bonds is 4. The van der Waals surface area contributed by atoms with E-state index in [1.54, 1.807) is 0 Å². The topological polar surface area (TPSA) is 36.4 Å². The fourth-order valence-electron chi connectivity index (χ4n) is 5.62. The minimum Gasteiger partial charge on any atom is -0.387 e. The summed E-state index contributed by atoms with van der Waals surface area (Å²) in [7, 11) is 0. The Balaban J connectivity index is 1.49. The quantitative estimate of drug-likeness (QED) is 0.876. The lowest BCUT2D eigenvalue weighted by molar-refractivity contribution is -0.0656. The Labute approximate surface area is 143 Å². The molecule has 1 aromatic carbocycles. The van der Waals surface area contributed by atoms with E-state index in [-0.39, 0.29) is 6.04 Å². The summed E-state index contributed by atoms with van der Waals surface area (Å²) in [5.74, 6) is 1.44. The summed E-state index contributed by atoms with van der Waals surface area (Å²) in [5.41, 5.74) is 3.66. The molecule has 1 spiro atoms. The molecule has 0 radical (unpaired) electrons. The van der Waals surface area contributed by atoms with E-state index in [0.29, 0.717) is 11.5 Å². The third-order valence-corrected chi connectivity index (χ3v) is 6.88. The van der Waals surface area contributed by atoms with Gasteiger partial charge in [-0.15, -0.1) is 6.58 Å². The summed E-state index contributed by atoms with van der Waals surface area (Å²) in [4.78, 5) is 7.04. The average Bonchev–Trinajstić information content (AvgIpc) is 3.18. The van der Waals surface area contributed by atoms with Crippen LogP contribution in [0.4, 0.5) is 0 Å². The first-order valence-electron chi connectivity index (χ1n) is 9.15. The Kier molecular flexibility index (Phi) is 2.98. The van der Waals surface area contributed by atoms with Gasteiger partial charge in [-0.1, -0.05) is 19.1 Å². The molecule has 2 saturated heterocycles. The number of aryl methyl sites for hydroxylation is 1. The summed E-state index contributed by atoms with van der Waals surface area (Å²) in [6.45, 7) is 7.30. The van der Waals surface area contributed by atoms with Crippen molar-refractivity contribution < 1.29 is 5.11 Å². The predicted octanol–water partition coefficient (Wildman–Crippen LogP) is 3.48. The monoisotopic (exact) mass is 320 g/mol. The van der Waals surface area contributed by atoms with Gasteiger partial charge in [0.15, 0.2) is 0 Å². The highest BCUT2D eigenvalue weighted by molar-refractivity contribution is 5.83. The molecule has 3 heterocycles. The van der Waals surface area contributed by atoms with Gasteiger partial charge in [0, 0.05) is 23.2 Å². The fraction of sp³-hybridized carbons (Fsp3) is 0.476. The summed E-state index contributed by atoms with van der Waals surface area (Å²) < 4.78 is 0. The van der Waals surface area contributed by atoms with Crippen molar-refractivity contribution in [2.24, 2.45) is 11.8 Å². The summed E-state index contributed by atoms with van der Waals surface area (Å²) in [6.07, 6.45) is 6.90. The Bertz CT molecular complexity index is 832. The summed E-state index contributed by atoms with van der Waals surface area (Å²) in [5, 5.41) is 12.3. The lowest BCUT2D eigenvalue weighted by Gasteiger charge is -2.50. The SMILES string of the molecule is C=CC1C2CCN3C(C(O)c4ccnc5ccc(CC)cc45)CC123. The molecule has 3 aliphatic rings. The van der Waals surface area contributed by atoms with Crippen LogP contribution in [-0.4, -0.2) is 33.1 Å². The zero-order chi connectivity index (χ0) is 16.5. The molecule has 5 atom stereocenters. The third kappa shape index (κ3) is 1.67. The van der Waals surface area contributed by atoms with Gasteiger partial charge in [-0.3, -0.25) is 9.88 Å². The number of aliphatic hydroxyl groups is 1. The van der Waals surface area contributed by atoms with E-state index in [0.717, 1.165) is 41.8 Å². The Morgan fingerprint density at radius 1 is 1.46 bits per heavy atom. The number of hydrogen-bond donors (Lipinski definition) is 1. The minimum atomic E-state index is -0.432. The molecule has 3 nitrogen and oxygen atoms in total. The maximum absolute atomic E-state index is 11.1. The van der Waals surface area contributed by atoms with Gasteiger partial charge in [-0.05, 0) is 67.0 Å². The van der Waals surface area contributed by atoms with Gasteiger partial charge in [0.2, 0.25) is 0 Å². The van der Waals surface area contributed by atoms with E-state index in [1.807, 2.05) is 12.3 Å². The number of pyridine rings is 1. The molecule has 1 aromatic heterocycles. The zero-order valence-corrected chi connectivity index (χ0v) is 14.2. The van der Waals surface area contributed by atoms with Crippen molar-refractivity contribution in [1.29, 1.82) is 0 Å². The standard InChI is InChI=1S/C21H24N2O/c1-3-13-5-6-18-15(11-13)14(7-9-22-18)20(24)19-12-21-16(4-2)17(21)8-10-23(19)21/h4-7,9,11,16-17,19-20,24H,2-3,8,10,12H2,1H3. The Morgan fingerprint density at radius 2 is 2.33 bits per heavy atom. The normalized spacial score (nSPS) is 35.2. The van der Waals surface area contributed by atoms with E-state index >= 15 is 0 Å². The van der Waals surface area contributed by atoms with E-state index < -0.39 is 6.10 Å². The second kappa shape index (κ2) is 4.90. The van der Waals surface area contributed by atoms with Gasteiger partial charge in [-0.2, -0.15) is 0 Å². The van der Waals surface area contributed by atoms with Crippen LogP contribution in [0.5, 0.6) is 0 Å². The third-order valence-electron chi connectivity index (χ3n) is 6.88. The molecule has 0 amide bonds. The number of benzene rings is 1. The lowest BCUT2D eigenvalue weighted by atomic mass is 9.82. The highest BCUT2D eigenvalue weighted by Gasteiger charge is 2.76. The van der Waals surface area contributed by atoms with Crippen LogP contribution in [0.2, 0.25) is 0 Å². The van der Waals surface area contributed by atoms with Gasteiger partial charge in [0.05, 0.1) is 11.6 Å². The predicted molar refractivity (Wildman–Crippen MR) is 95.7 cm³/mol. The molecule has 24 heavy (non-hydrogen) atoms. The second-order valence-electron chi connectivity index (χ2n) is 7.66. The lowest BCUT2D eigenvalue weighted by Crippen LogP contribution is -2.59. The number of nitrogens with zero attached hydrogens (tertiary/aromatic N) is 2. The largest absolute Gasteiger partial charge is 0.387 e. The van der Waals surface area contributed by atoms with Crippen molar-refractivity contribution in [1.82, 2.24) is 9.88 Å². The first kappa shape index (κ1) is 14.6. The van der Waals surface area contributed by atoms with Gasteiger partial charge in [0.25, 0.3) is 0 Å². The molecule has 1 N–H and O–H groups in total. The molecular formula is C21H24N2O. The average molecular weight is 320 g/mol. The second-order valence-corrected chi connectivity index (χ2v) is 7.66. The van der Waals surface area contributed by atoms with E-state index in [9.17, 15) is 5.11 Å². The van der Waals surface area contributed by atoms with Gasteiger partial charge >= 0.3 is 0 Å². The smallest absolute Gasteiger partial charge is 0.0953 e. The number of aliphatic hydroxyl groups excluding tert-OH is 1. The van der Waals surface area contributed by atoms with Crippen LogP contribution in [0.15, 0.2) is 43.1 Å². The molecule has 5 rings (SSSR count). The zero-order valence-electron chi connectivity index (χ0n) is 14.2. The highest BCUT2D eigenvalue weighted by Crippen LogP contribution is 2.71. The minimum absolute atomic E-state index is 0.246. The maximum atomic E-state index is 11.1. The van der Waals surface area contributed by atoms with Crippen LogP contribution in [0.25, 0.3) is 10.9 Å². The molecule has 1 aliphatic carbocycles. The van der Waals surface area contributed by atoms with E-state index in [1.165, 1.54) is 12.0 Å². The van der Waals surface area contributed by atoms with Crippen molar-refractivity contribution >= 4 is 10.9 Å². The molecule has 2 aromatic rings. The Morgan fingerprint density at radius 3 is 3.08 bits per heavy atom. The summed E-state index contributed by atoms with van der Waals surface area (Å²) >= 11 is 0. The highest BCUT2D eigenvalue weighted by atomic mass is 16.3. The van der Waals surface area contributed by atoms with E-state index in [4.69, 9.17) is 0 Å². The van der Waals surface area contributed by atoms with Crippen molar-refractivity contribution in [3.63, 3.8) is 0 Å². The van der Waals surface area contributed by atoms with Gasteiger partial charge in [-0.25, -0.2) is 0 Å². The molecule has 3 heteroatoms. The van der Waals surface area contributed by atoms with Crippen LogP contribution in [0.3, 0.4) is 0 Å². The van der Waals surface area contributed by atoms with Crippen LogP contribution in [0, 0.1) is 11.8 Å². The maximum Gasteiger partial charge on any atom is 0.0953 e. The number of hydrogen-bond acceptors (Lipinski definition) is 3. The van der Waals surface area contributed by atoms with Crippen molar-refractivity contribution in [2.45, 2.75) is 43.9 Å². The number of piperidine rings is 1. The molecule has 1 saturated carbocycles.